The van der Waals surface area contributed by atoms with E-state index in [1.165, 1.54) is 45.9 Å². The van der Waals surface area contributed by atoms with E-state index >= 15 is 0 Å². The van der Waals surface area contributed by atoms with Crippen LogP contribution in [0.25, 0.3) is 10.4 Å². The van der Waals surface area contributed by atoms with Gasteiger partial charge in [0.2, 0.25) is 0 Å². The fourth-order valence-corrected chi connectivity index (χ4v) is 6.57. The third-order valence-corrected chi connectivity index (χ3v) is 6.72. The fraction of sp³-hybridized carbons (Fsp3) is 0.385. The number of hydrogen-bond donors (Lipinski definition) is 0. The van der Waals surface area contributed by atoms with Gasteiger partial charge in [-0.05, 0) is 22.7 Å². The van der Waals surface area contributed by atoms with Crippen molar-refractivity contribution >= 4 is 32.4 Å². The number of nitrogens with zero attached hydrogens (tertiary/aromatic N) is 2. The first-order valence-corrected chi connectivity index (χ1v) is 9.43. The predicted octanol–water partition coefficient (Wildman–Crippen LogP) is 3.16. The maximum atomic E-state index is 4.23. The van der Waals surface area contributed by atoms with Gasteiger partial charge in [-0.1, -0.05) is 16.4 Å². The molecule has 0 bridgehead atoms. The summed E-state index contributed by atoms with van der Waals surface area (Å²) in [6, 6.07) is 4.17. The number of pyridine rings is 1. The Bertz CT molecular complexity index is 590. The minimum absolute atomic E-state index is 1.22. The molecule has 0 aromatic carbocycles. The molecule has 2 nitrogen and oxygen atoms in total. The molecule has 0 aliphatic carbocycles. The summed E-state index contributed by atoms with van der Waals surface area (Å²) in [5, 5.41) is 0. The Labute approximate surface area is 118 Å². The zero-order valence-electron chi connectivity index (χ0n) is 10.3. The number of rotatable bonds is 2. The molecule has 1 aliphatic rings. The van der Waals surface area contributed by atoms with Crippen LogP contribution in [0.5, 0.6) is 0 Å². The Balaban J connectivity index is 2.16. The van der Waals surface area contributed by atoms with Gasteiger partial charge in [0.25, 0.3) is 4.67 Å². The van der Waals surface area contributed by atoms with E-state index in [0.29, 0.717) is 0 Å². The first-order chi connectivity index (χ1) is 8.90. The van der Waals surface area contributed by atoms with Gasteiger partial charge in [0.1, 0.15) is 18.0 Å². The van der Waals surface area contributed by atoms with Crippen molar-refractivity contribution in [3.8, 4) is 10.4 Å². The highest BCUT2D eigenvalue weighted by Gasteiger charge is 2.20. The summed E-state index contributed by atoms with van der Waals surface area (Å²) in [5.41, 5.74) is 1.24. The summed E-state index contributed by atoms with van der Waals surface area (Å²) in [5.74, 6) is 0. The Morgan fingerprint density at radius 1 is 1.28 bits per heavy atom. The van der Waals surface area contributed by atoms with Gasteiger partial charge in [-0.2, -0.15) is 0 Å². The van der Waals surface area contributed by atoms with Crippen LogP contribution in [0, 0.1) is 0 Å². The topological polar surface area (TPSA) is 15.9 Å². The lowest BCUT2D eigenvalue weighted by molar-refractivity contribution is 0.697. The van der Waals surface area contributed by atoms with Crippen molar-refractivity contribution in [3.63, 3.8) is 0 Å². The lowest BCUT2D eigenvalue weighted by Gasteiger charge is -1.98. The molecule has 3 rings (SSSR count). The van der Waals surface area contributed by atoms with Gasteiger partial charge in [0.15, 0.2) is 0 Å². The summed E-state index contributed by atoms with van der Waals surface area (Å²) in [6.07, 6.45) is 8.64. The van der Waals surface area contributed by atoms with Crippen molar-refractivity contribution < 1.29 is 0 Å². The van der Waals surface area contributed by atoms with Crippen LogP contribution in [0.2, 0.25) is 0 Å². The molecule has 0 unspecified atom stereocenters. The highest BCUT2D eigenvalue weighted by atomic mass is 32.9. The Kier molecular flexibility index (Phi) is 3.82. The van der Waals surface area contributed by atoms with Crippen molar-refractivity contribution in [1.82, 2.24) is 9.56 Å². The van der Waals surface area contributed by atoms with Crippen LogP contribution in [0.3, 0.4) is 0 Å². The molecule has 0 amide bonds. The summed E-state index contributed by atoms with van der Waals surface area (Å²) in [7, 11) is 3.79. The van der Waals surface area contributed by atoms with Crippen LogP contribution in [0.15, 0.2) is 29.4 Å². The van der Waals surface area contributed by atoms with Crippen LogP contribution in [0.4, 0.5) is 0 Å². The van der Waals surface area contributed by atoms with E-state index in [1.807, 2.05) is 50.9 Å². The lowest BCUT2D eigenvalue weighted by Crippen LogP contribution is -2.25. The minimum atomic E-state index is 1.22. The van der Waals surface area contributed by atoms with Crippen LogP contribution < -0.4 is 9.25 Å². The summed E-state index contributed by atoms with van der Waals surface area (Å²) in [6.45, 7) is 2.43. The monoisotopic (exact) mass is 295 g/mol. The SMILES string of the molecule is CSc1c(-c2cccnc2)ssc1=[N+]1CCCC1. The molecule has 0 N–H and O–H groups in total. The predicted molar refractivity (Wildman–Crippen MR) is 81.4 cm³/mol. The molecule has 94 valence electrons. The molecule has 1 saturated heterocycles. The standard InChI is InChI=1S/C13H15N2S3/c1-16-12-11(10-5-4-6-14-9-10)17-18-13(12)15-7-2-3-8-15/h4-6,9H,2-3,7-8H2,1H3/q+1. The maximum Gasteiger partial charge on any atom is 0.281 e. The van der Waals surface area contributed by atoms with Gasteiger partial charge in [-0.3, -0.25) is 4.98 Å². The van der Waals surface area contributed by atoms with Gasteiger partial charge in [0.05, 0.1) is 4.88 Å². The molecule has 5 heteroatoms. The van der Waals surface area contributed by atoms with E-state index in [1.54, 1.807) is 0 Å². The smallest absolute Gasteiger partial charge is 0.264 e. The number of aromatic nitrogens is 1. The Morgan fingerprint density at radius 3 is 2.78 bits per heavy atom. The highest BCUT2D eigenvalue weighted by molar-refractivity contribution is 7.99. The van der Waals surface area contributed by atoms with Crippen molar-refractivity contribution in [2.24, 2.45) is 0 Å². The summed E-state index contributed by atoms with van der Waals surface area (Å²) in [4.78, 5) is 7.04. The lowest BCUT2D eigenvalue weighted by atomic mass is 10.2. The molecule has 3 heterocycles. The van der Waals surface area contributed by atoms with Crippen molar-refractivity contribution in [2.75, 3.05) is 19.3 Å². The van der Waals surface area contributed by atoms with E-state index in [-0.39, 0.29) is 0 Å². The van der Waals surface area contributed by atoms with E-state index in [2.05, 4.69) is 21.9 Å². The third-order valence-electron chi connectivity index (χ3n) is 3.13. The normalized spacial score (nSPS) is 15.3. The quantitative estimate of drug-likeness (QED) is 0.480. The van der Waals surface area contributed by atoms with Crippen molar-refractivity contribution in [1.29, 1.82) is 0 Å². The molecule has 1 aliphatic heterocycles. The zero-order chi connectivity index (χ0) is 12.4. The van der Waals surface area contributed by atoms with Gasteiger partial charge >= 0.3 is 0 Å². The Hall–Kier alpha value is -0.650. The van der Waals surface area contributed by atoms with E-state index in [9.17, 15) is 0 Å². The first-order valence-electron chi connectivity index (χ1n) is 6.05. The maximum absolute atomic E-state index is 4.23. The average Bonchev–Trinajstić information content (AvgIpc) is 3.08. The van der Waals surface area contributed by atoms with Crippen molar-refractivity contribution in [2.45, 2.75) is 17.7 Å². The largest absolute Gasteiger partial charge is 0.281 e. The molecule has 2 aromatic heterocycles. The van der Waals surface area contributed by atoms with Gasteiger partial charge in [0, 0.05) is 30.8 Å². The van der Waals surface area contributed by atoms with Crippen LogP contribution >= 0.6 is 32.4 Å². The molecule has 0 radical (unpaired) electrons. The van der Waals surface area contributed by atoms with Gasteiger partial charge in [-0.15, -0.1) is 11.8 Å². The Morgan fingerprint density at radius 2 is 2.11 bits per heavy atom. The van der Waals surface area contributed by atoms with Crippen LogP contribution in [-0.2, 0) is 0 Å². The molecule has 18 heavy (non-hydrogen) atoms. The second kappa shape index (κ2) is 5.55. The van der Waals surface area contributed by atoms with E-state index in [0.717, 1.165) is 0 Å². The third kappa shape index (κ3) is 2.27. The molecular weight excluding hydrogens is 280 g/mol. The van der Waals surface area contributed by atoms with E-state index < -0.39 is 0 Å². The summed E-state index contributed by atoms with van der Waals surface area (Å²) < 4.78 is 4.00. The fourth-order valence-electron chi connectivity index (χ4n) is 2.23. The minimum Gasteiger partial charge on any atom is -0.264 e. The van der Waals surface area contributed by atoms with Crippen molar-refractivity contribution in [3.05, 3.63) is 29.2 Å². The summed E-state index contributed by atoms with van der Waals surface area (Å²) >= 11 is 1.86. The molecule has 0 saturated carbocycles. The highest BCUT2D eigenvalue weighted by Crippen LogP contribution is 2.33. The number of hydrogen-bond acceptors (Lipinski definition) is 4. The molecule has 0 spiro atoms. The van der Waals surface area contributed by atoms with Gasteiger partial charge < -0.3 is 0 Å². The van der Waals surface area contributed by atoms with Crippen LogP contribution in [0.1, 0.15) is 12.8 Å². The van der Waals surface area contributed by atoms with E-state index in [4.69, 9.17) is 0 Å². The number of thioether (sulfide) groups is 1. The molecule has 2 aromatic rings. The average molecular weight is 295 g/mol. The molecule has 0 atom stereocenters. The second-order valence-electron chi connectivity index (χ2n) is 4.27. The molecular formula is C13H15N2S3+. The zero-order valence-corrected chi connectivity index (χ0v) is 12.7. The first kappa shape index (κ1) is 12.4. The van der Waals surface area contributed by atoms with Gasteiger partial charge in [-0.25, -0.2) is 4.58 Å². The second-order valence-corrected chi connectivity index (χ2v) is 7.21. The molecule has 1 fully saturated rings. The van der Waals surface area contributed by atoms with Crippen LogP contribution in [-0.4, -0.2) is 24.3 Å².